The summed E-state index contributed by atoms with van der Waals surface area (Å²) in [5.41, 5.74) is 0.397. The van der Waals surface area contributed by atoms with Gasteiger partial charge in [0, 0.05) is 37.8 Å². The van der Waals surface area contributed by atoms with Crippen LogP contribution in [0.15, 0.2) is 24.3 Å². The van der Waals surface area contributed by atoms with Gasteiger partial charge in [-0.1, -0.05) is 19.1 Å². The van der Waals surface area contributed by atoms with Crippen LogP contribution in [-0.4, -0.2) is 41.2 Å². The Morgan fingerprint density at radius 2 is 2.04 bits per heavy atom. The maximum atomic E-state index is 12.2. The van der Waals surface area contributed by atoms with E-state index < -0.39 is 10.5 Å². The molecule has 1 rings (SSSR count). The number of hydrogen-bond acceptors (Lipinski definition) is 5. The van der Waals surface area contributed by atoms with Crippen LogP contribution in [0, 0.1) is 10.1 Å². The highest BCUT2D eigenvalue weighted by Gasteiger charge is 2.21. The molecule has 0 aliphatic rings. The monoisotopic (exact) mass is 351 g/mol. The zero-order chi connectivity index (χ0) is 19.0. The van der Waals surface area contributed by atoms with Gasteiger partial charge in [0.2, 0.25) is 0 Å². The molecular weight excluding hydrogens is 322 g/mol. The number of amides is 1. The van der Waals surface area contributed by atoms with Crippen molar-refractivity contribution in [1.82, 2.24) is 10.2 Å². The summed E-state index contributed by atoms with van der Waals surface area (Å²) in [6.45, 7) is 11.2. The SMILES string of the molecule is CCCN(CCNC(C)c1cccc([N+](=O)[O-])c1)C(=O)OC(C)(C)C. The van der Waals surface area contributed by atoms with E-state index in [0.29, 0.717) is 19.6 Å². The van der Waals surface area contributed by atoms with Gasteiger partial charge in [0.05, 0.1) is 4.92 Å². The van der Waals surface area contributed by atoms with Crippen molar-refractivity contribution >= 4 is 11.8 Å². The lowest BCUT2D eigenvalue weighted by atomic mass is 10.1. The van der Waals surface area contributed by atoms with E-state index in [2.05, 4.69) is 5.32 Å². The molecule has 1 aromatic rings. The van der Waals surface area contributed by atoms with E-state index in [1.54, 1.807) is 17.0 Å². The minimum atomic E-state index is -0.521. The number of ether oxygens (including phenoxy) is 1. The maximum absolute atomic E-state index is 12.2. The Balaban J connectivity index is 2.59. The normalized spacial score (nSPS) is 12.5. The minimum absolute atomic E-state index is 0.0537. The fraction of sp³-hybridized carbons (Fsp3) is 0.611. The number of nitro benzene ring substituents is 1. The van der Waals surface area contributed by atoms with Crippen molar-refractivity contribution in [1.29, 1.82) is 0 Å². The van der Waals surface area contributed by atoms with Crippen molar-refractivity contribution in [2.45, 2.75) is 52.7 Å². The number of hydrogen-bond donors (Lipinski definition) is 1. The standard InChI is InChI=1S/C18H29N3O4/c1-6-11-20(17(22)25-18(3,4)5)12-10-19-14(2)15-8-7-9-16(13-15)21(23)24/h7-9,13-14,19H,6,10-12H2,1-5H3. The Bertz CT molecular complexity index is 584. The number of nitro groups is 1. The highest BCUT2D eigenvalue weighted by Crippen LogP contribution is 2.18. The summed E-state index contributed by atoms with van der Waals surface area (Å²) >= 11 is 0. The quantitative estimate of drug-likeness (QED) is 0.567. The average Bonchev–Trinajstić information content (AvgIpc) is 2.52. The number of rotatable bonds is 8. The number of nitrogens with one attached hydrogen (secondary N) is 1. The predicted octanol–water partition coefficient (Wildman–Crippen LogP) is 3.89. The number of nitrogens with zero attached hydrogens (tertiary/aromatic N) is 2. The molecule has 1 aromatic carbocycles. The van der Waals surface area contributed by atoms with Crippen molar-refractivity contribution in [2.24, 2.45) is 0 Å². The third-order valence-electron chi connectivity index (χ3n) is 3.56. The Morgan fingerprint density at radius 1 is 1.36 bits per heavy atom. The molecule has 0 heterocycles. The molecule has 0 fully saturated rings. The number of carbonyl (C=O) groups is 1. The summed E-state index contributed by atoms with van der Waals surface area (Å²) in [4.78, 5) is 24.4. The Hall–Kier alpha value is -2.15. The molecule has 1 N–H and O–H groups in total. The highest BCUT2D eigenvalue weighted by molar-refractivity contribution is 5.68. The van der Waals surface area contributed by atoms with Crippen LogP contribution < -0.4 is 5.32 Å². The zero-order valence-electron chi connectivity index (χ0n) is 15.7. The number of carbonyl (C=O) groups excluding carboxylic acids is 1. The summed E-state index contributed by atoms with van der Waals surface area (Å²) in [7, 11) is 0. The van der Waals surface area contributed by atoms with Crippen LogP contribution in [0.2, 0.25) is 0 Å². The molecule has 7 nitrogen and oxygen atoms in total. The molecule has 0 aliphatic heterocycles. The molecule has 0 radical (unpaired) electrons. The third kappa shape index (κ3) is 7.51. The van der Waals surface area contributed by atoms with E-state index in [0.717, 1.165) is 12.0 Å². The topological polar surface area (TPSA) is 84.7 Å². The van der Waals surface area contributed by atoms with Gasteiger partial charge < -0.3 is 15.0 Å². The average molecular weight is 351 g/mol. The maximum Gasteiger partial charge on any atom is 0.410 e. The van der Waals surface area contributed by atoms with Crippen LogP contribution in [-0.2, 0) is 4.74 Å². The second-order valence-corrected chi connectivity index (χ2v) is 7.00. The smallest absolute Gasteiger partial charge is 0.410 e. The van der Waals surface area contributed by atoms with E-state index in [4.69, 9.17) is 4.74 Å². The van der Waals surface area contributed by atoms with E-state index in [9.17, 15) is 14.9 Å². The summed E-state index contributed by atoms with van der Waals surface area (Å²) < 4.78 is 5.42. The van der Waals surface area contributed by atoms with Crippen molar-refractivity contribution in [2.75, 3.05) is 19.6 Å². The van der Waals surface area contributed by atoms with Crippen LogP contribution in [0.3, 0.4) is 0 Å². The Labute approximate surface area is 149 Å². The first kappa shape index (κ1) is 20.9. The van der Waals surface area contributed by atoms with Gasteiger partial charge in [0.15, 0.2) is 0 Å². The number of benzene rings is 1. The molecular formula is C18H29N3O4. The van der Waals surface area contributed by atoms with Gasteiger partial charge in [-0.05, 0) is 39.7 Å². The van der Waals surface area contributed by atoms with Crippen molar-refractivity contribution < 1.29 is 14.5 Å². The number of non-ortho nitro benzene ring substituents is 1. The molecule has 0 aliphatic carbocycles. The van der Waals surface area contributed by atoms with Gasteiger partial charge in [-0.2, -0.15) is 0 Å². The van der Waals surface area contributed by atoms with Gasteiger partial charge in [-0.3, -0.25) is 10.1 Å². The molecule has 1 amide bonds. The van der Waals surface area contributed by atoms with Crippen molar-refractivity contribution in [3.8, 4) is 0 Å². The van der Waals surface area contributed by atoms with Crippen LogP contribution >= 0.6 is 0 Å². The molecule has 25 heavy (non-hydrogen) atoms. The van der Waals surface area contributed by atoms with Crippen molar-refractivity contribution in [3.05, 3.63) is 39.9 Å². The van der Waals surface area contributed by atoms with Gasteiger partial charge in [0.1, 0.15) is 5.60 Å². The van der Waals surface area contributed by atoms with Gasteiger partial charge in [-0.15, -0.1) is 0 Å². The van der Waals surface area contributed by atoms with Crippen LogP contribution in [0.4, 0.5) is 10.5 Å². The van der Waals surface area contributed by atoms with Gasteiger partial charge in [0.25, 0.3) is 5.69 Å². The first-order valence-electron chi connectivity index (χ1n) is 8.59. The molecule has 1 unspecified atom stereocenters. The van der Waals surface area contributed by atoms with Crippen molar-refractivity contribution in [3.63, 3.8) is 0 Å². The largest absolute Gasteiger partial charge is 0.444 e. The fourth-order valence-corrected chi connectivity index (χ4v) is 2.33. The summed E-state index contributed by atoms with van der Waals surface area (Å²) in [5.74, 6) is 0. The van der Waals surface area contributed by atoms with E-state index in [-0.39, 0.29) is 17.8 Å². The van der Waals surface area contributed by atoms with Crippen LogP contribution in [0.1, 0.15) is 52.6 Å². The Kier molecular flexibility index (Phi) is 7.83. The first-order valence-corrected chi connectivity index (χ1v) is 8.59. The highest BCUT2D eigenvalue weighted by atomic mass is 16.6. The van der Waals surface area contributed by atoms with E-state index in [1.165, 1.54) is 6.07 Å². The van der Waals surface area contributed by atoms with Crippen LogP contribution in [0.5, 0.6) is 0 Å². The van der Waals surface area contributed by atoms with Crippen LogP contribution in [0.25, 0.3) is 0 Å². The molecule has 0 saturated heterocycles. The lowest BCUT2D eigenvalue weighted by Crippen LogP contribution is -2.41. The lowest BCUT2D eigenvalue weighted by molar-refractivity contribution is -0.384. The minimum Gasteiger partial charge on any atom is -0.444 e. The molecule has 0 bridgehead atoms. The molecule has 0 aromatic heterocycles. The molecule has 7 heteroatoms. The third-order valence-corrected chi connectivity index (χ3v) is 3.56. The van der Waals surface area contributed by atoms with E-state index in [1.807, 2.05) is 40.7 Å². The zero-order valence-corrected chi connectivity index (χ0v) is 15.7. The fourth-order valence-electron chi connectivity index (χ4n) is 2.33. The van der Waals surface area contributed by atoms with Gasteiger partial charge >= 0.3 is 6.09 Å². The predicted molar refractivity (Wildman–Crippen MR) is 97.6 cm³/mol. The second kappa shape index (κ2) is 9.36. The lowest BCUT2D eigenvalue weighted by Gasteiger charge is -2.27. The first-order chi connectivity index (χ1) is 11.6. The Morgan fingerprint density at radius 3 is 2.60 bits per heavy atom. The van der Waals surface area contributed by atoms with E-state index >= 15 is 0 Å². The van der Waals surface area contributed by atoms with Gasteiger partial charge in [-0.25, -0.2) is 4.79 Å². The molecule has 140 valence electrons. The summed E-state index contributed by atoms with van der Waals surface area (Å²) in [5, 5.41) is 14.2. The second-order valence-electron chi connectivity index (χ2n) is 7.00. The summed E-state index contributed by atoms with van der Waals surface area (Å²) in [6.07, 6.45) is 0.527. The molecule has 1 atom stereocenters. The molecule has 0 spiro atoms. The molecule has 0 saturated carbocycles. The summed E-state index contributed by atoms with van der Waals surface area (Å²) in [6, 6.07) is 6.51.